The first-order valence-corrected chi connectivity index (χ1v) is 6.55. The van der Waals surface area contributed by atoms with Crippen LogP contribution in [0.25, 0.3) is 0 Å². The number of nitrogens with one attached hydrogen (secondary N) is 1. The van der Waals surface area contributed by atoms with E-state index in [0.717, 1.165) is 6.07 Å². The molecule has 0 aliphatic rings. The number of hydrogen-bond donors (Lipinski definition) is 1. The lowest BCUT2D eigenvalue weighted by molar-refractivity contribution is 0.433. The molecule has 0 spiro atoms. The molecule has 20 heavy (non-hydrogen) atoms. The number of halogens is 4. The van der Waals surface area contributed by atoms with Crippen LogP contribution in [0.3, 0.4) is 0 Å². The van der Waals surface area contributed by atoms with E-state index in [4.69, 9.17) is 11.6 Å². The fourth-order valence-electron chi connectivity index (χ4n) is 2.06. The zero-order chi connectivity index (χ0) is 14.7. The van der Waals surface area contributed by atoms with Gasteiger partial charge in [0.1, 0.15) is 0 Å². The molecule has 2 rings (SSSR count). The Hall–Kier alpha value is -1.52. The zero-order valence-corrected chi connectivity index (χ0v) is 11.5. The summed E-state index contributed by atoms with van der Waals surface area (Å²) in [5.74, 6) is -3.88. The highest BCUT2D eigenvalue weighted by Gasteiger charge is 2.23. The van der Waals surface area contributed by atoms with Crippen molar-refractivity contribution in [2.75, 3.05) is 6.54 Å². The monoisotopic (exact) mass is 299 g/mol. The Morgan fingerprint density at radius 2 is 1.70 bits per heavy atom. The zero-order valence-electron chi connectivity index (χ0n) is 10.8. The molecule has 0 saturated heterocycles. The average molecular weight is 300 g/mol. The summed E-state index contributed by atoms with van der Waals surface area (Å²) in [6.45, 7) is 2.36. The molecule has 0 aliphatic heterocycles. The van der Waals surface area contributed by atoms with Crippen LogP contribution < -0.4 is 5.32 Å². The second kappa shape index (κ2) is 6.29. The normalized spacial score (nSPS) is 12.4. The summed E-state index contributed by atoms with van der Waals surface area (Å²) >= 11 is 6.10. The van der Waals surface area contributed by atoms with Crippen molar-refractivity contribution in [3.05, 3.63) is 70.0 Å². The maximum Gasteiger partial charge on any atom is 0.194 e. The van der Waals surface area contributed by atoms with Crippen molar-refractivity contribution in [3.63, 3.8) is 0 Å². The predicted octanol–water partition coefficient (Wildman–Crippen LogP) is 4.46. The van der Waals surface area contributed by atoms with Gasteiger partial charge < -0.3 is 5.32 Å². The van der Waals surface area contributed by atoms with Crippen molar-refractivity contribution < 1.29 is 13.2 Å². The largest absolute Gasteiger partial charge is 0.306 e. The fraction of sp³-hybridized carbons (Fsp3) is 0.200. The highest BCUT2D eigenvalue weighted by atomic mass is 35.5. The summed E-state index contributed by atoms with van der Waals surface area (Å²) in [7, 11) is 0. The Labute approximate surface area is 120 Å². The summed E-state index contributed by atoms with van der Waals surface area (Å²) < 4.78 is 40.4. The topological polar surface area (TPSA) is 12.0 Å². The molecular weight excluding hydrogens is 287 g/mol. The van der Waals surface area contributed by atoms with Crippen molar-refractivity contribution >= 4 is 11.6 Å². The second-order valence-corrected chi connectivity index (χ2v) is 4.68. The summed E-state index contributed by atoms with van der Waals surface area (Å²) in [5, 5.41) is 3.46. The van der Waals surface area contributed by atoms with Gasteiger partial charge in [0.25, 0.3) is 0 Å². The van der Waals surface area contributed by atoms with Crippen LogP contribution in [-0.2, 0) is 0 Å². The summed E-state index contributed by atoms with van der Waals surface area (Å²) in [6, 6.07) is 8.39. The van der Waals surface area contributed by atoms with Gasteiger partial charge in [-0.05, 0) is 24.2 Å². The number of hydrogen-bond acceptors (Lipinski definition) is 1. The molecule has 0 aliphatic carbocycles. The highest BCUT2D eigenvalue weighted by molar-refractivity contribution is 6.31. The van der Waals surface area contributed by atoms with E-state index >= 15 is 0 Å². The highest BCUT2D eigenvalue weighted by Crippen LogP contribution is 2.31. The Kier molecular flexibility index (Phi) is 4.68. The van der Waals surface area contributed by atoms with Gasteiger partial charge in [-0.1, -0.05) is 42.8 Å². The van der Waals surface area contributed by atoms with Crippen LogP contribution in [-0.4, -0.2) is 6.54 Å². The minimum Gasteiger partial charge on any atom is -0.306 e. The third-order valence-electron chi connectivity index (χ3n) is 3.00. The Morgan fingerprint density at radius 3 is 2.35 bits per heavy atom. The first kappa shape index (κ1) is 14.9. The predicted molar refractivity (Wildman–Crippen MR) is 73.3 cm³/mol. The van der Waals surface area contributed by atoms with E-state index < -0.39 is 23.5 Å². The summed E-state index contributed by atoms with van der Waals surface area (Å²) in [5.41, 5.74) is 0.639. The first-order valence-electron chi connectivity index (χ1n) is 6.17. The third-order valence-corrected chi connectivity index (χ3v) is 3.34. The Balaban J connectivity index is 2.55. The van der Waals surface area contributed by atoms with Gasteiger partial charge in [-0.15, -0.1) is 0 Å². The molecule has 106 valence electrons. The first-order chi connectivity index (χ1) is 9.56. The van der Waals surface area contributed by atoms with Gasteiger partial charge in [-0.3, -0.25) is 0 Å². The maximum absolute atomic E-state index is 14.0. The standard InChI is InChI=1S/C15H13ClF3N/c1-2-20-15(9-5-3-4-6-11(9)16)10-7-8-12(17)14(19)13(10)18/h3-8,15,20H,2H2,1H3. The molecule has 1 nitrogen and oxygen atoms in total. The Morgan fingerprint density at radius 1 is 1.00 bits per heavy atom. The second-order valence-electron chi connectivity index (χ2n) is 4.28. The fourth-order valence-corrected chi connectivity index (χ4v) is 2.31. The van der Waals surface area contributed by atoms with E-state index in [1.807, 2.05) is 6.92 Å². The molecule has 0 aromatic heterocycles. The van der Waals surface area contributed by atoms with Crippen molar-refractivity contribution in [2.45, 2.75) is 13.0 Å². The van der Waals surface area contributed by atoms with E-state index in [9.17, 15) is 13.2 Å². The molecule has 0 heterocycles. The van der Waals surface area contributed by atoms with E-state index in [1.165, 1.54) is 6.07 Å². The molecule has 0 radical (unpaired) electrons. The van der Waals surface area contributed by atoms with Crippen LogP contribution >= 0.6 is 11.6 Å². The minimum atomic E-state index is -1.47. The average Bonchev–Trinajstić information content (AvgIpc) is 2.44. The minimum absolute atomic E-state index is 0.0267. The van der Waals surface area contributed by atoms with Crippen LogP contribution in [0, 0.1) is 17.5 Å². The molecule has 0 bridgehead atoms. The van der Waals surface area contributed by atoms with Gasteiger partial charge in [0.15, 0.2) is 17.5 Å². The molecule has 0 fully saturated rings. The third kappa shape index (κ3) is 2.81. The van der Waals surface area contributed by atoms with Crippen LogP contribution in [0.15, 0.2) is 36.4 Å². The summed E-state index contributed by atoms with van der Waals surface area (Å²) in [4.78, 5) is 0. The number of benzene rings is 2. The SMILES string of the molecule is CCNC(c1ccccc1Cl)c1ccc(F)c(F)c1F. The molecule has 1 atom stereocenters. The van der Waals surface area contributed by atoms with Gasteiger partial charge in [-0.25, -0.2) is 13.2 Å². The number of rotatable bonds is 4. The van der Waals surface area contributed by atoms with Gasteiger partial charge in [0, 0.05) is 10.6 Å². The lowest BCUT2D eigenvalue weighted by atomic mass is 9.97. The van der Waals surface area contributed by atoms with Gasteiger partial charge >= 0.3 is 0 Å². The molecule has 2 aromatic carbocycles. The van der Waals surface area contributed by atoms with E-state index in [2.05, 4.69) is 5.32 Å². The smallest absolute Gasteiger partial charge is 0.194 e. The van der Waals surface area contributed by atoms with Gasteiger partial charge in [-0.2, -0.15) is 0 Å². The van der Waals surface area contributed by atoms with Crippen LogP contribution in [0.5, 0.6) is 0 Å². The van der Waals surface area contributed by atoms with Crippen molar-refractivity contribution in [3.8, 4) is 0 Å². The van der Waals surface area contributed by atoms with Crippen LogP contribution in [0.1, 0.15) is 24.1 Å². The molecule has 0 amide bonds. The molecular formula is C15H13ClF3N. The van der Waals surface area contributed by atoms with Crippen molar-refractivity contribution in [2.24, 2.45) is 0 Å². The molecule has 1 unspecified atom stereocenters. The maximum atomic E-state index is 14.0. The van der Waals surface area contributed by atoms with Crippen LogP contribution in [0.4, 0.5) is 13.2 Å². The van der Waals surface area contributed by atoms with Crippen LogP contribution in [0.2, 0.25) is 5.02 Å². The molecule has 5 heteroatoms. The quantitative estimate of drug-likeness (QED) is 0.822. The lowest BCUT2D eigenvalue weighted by Gasteiger charge is -2.21. The van der Waals surface area contributed by atoms with E-state index in [-0.39, 0.29) is 5.56 Å². The van der Waals surface area contributed by atoms with Crippen molar-refractivity contribution in [1.82, 2.24) is 5.32 Å². The molecule has 2 aromatic rings. The van der Waals surface area contributed by atoms with Gasteiger partial charge in [0.05, 0.1) is 6.04 Å². The van der Waals surface area contributed by atoms with Crippen molar-refractivity contribution in [1.29, 1.82) is 0 Å². The molecule has 1 N–H and O–H groups in total. The summed E-state index contributed by atoms with van der Waals surface area (Å²) in [6.07, 6.45) is 0. The van der Waals surface area contributed by atoms with Gasteiger partial charge in [0.2, 0.25) is 0 Å². The van der Waals surface area contributed by atoms with E-state index in [1.54, 1.807) is 24.3 Å². The Bertz CT molecular complexity index is 616. The lowest BCUT2D eigenvalue weighted by Crippen LogP contribution is -2.24. The molecule has 0 saturated carbocycles. The van der Waals surface area contributed by atoms with E-state index in [0.29, 0.717) is 17.1 Å².